The molecule has 1 heterocycles. The van der Waals surface area contributed by atoms with Crippen LogP contribution >= 0.6 is 0 Å². The summed E-state index contributed by atoms with van der Waals surface area (Å²) in [4.78, 5) is 4.29. The number of aryl methyl sites for hydroxylation is 1. The fourth-order valence-electron chi connectivity index (χ4n) is 1.90. The third kappa shape index (κ3) is 3.19. The number of benzene rings is 1. The first-order valence-corrected chi connectivity index (χ1v) is 6.16. The van der Waals surface area contributed by atoms with E-state index in [2.05, 4.69) is 10.3 Å². The van der Waals surface area contributed by atoms with Gasteiger partial charge < -0.3 is 19.4 Å². The first kappa shape index (κ1) is 13.3. The minimum atomic E-state index is 0.726. The average molecular weight is 261 g/mol. The van der Waals surface area contributed by atoms with Gasteiger partial charge in [-0.1, -0.05) is 0 Å². The Labute approximate surface area is 113 Å². The van der Waals surface area contributed by atoms with Crippen LogP contribution in [0.25, 0.3) is 0 Å². The second kappa shape index (κ2) is 6.13. The van der Waals surface area contributed by atoms with E-state index in [1.54, 1.807) is 14.2 Å². The molecule has 0 aliphatic heterocycles. The molecule has 0 unspecified atom stereocenters. The summed E-state index contributed by atoms with van der Waals surface area (Å²) >= 11 is 0. The van der Waals surface area contributed by atoms with Gasteiger partial charge in [0.25, 0.3) is 0 Å². The Bertz CT molecular complexity index is 537. The lowest BCUT2D eigenvalue weighted by Gasteiger charge is -2.11. The largest absolute Gasteiger partial charge is 0.493 e. The number of hydrogen-bond donors (Lipinski definition) is 1. The molecule has 0 atom stereocenters. The summed E-state index contributed by atoms with van der Waals surface area (Å²) in [5.74, 6) is 2.52. The minimum Gasteiger partial charge on any atom is -0.493 e. The highest BCUT2D eigenvalue weighted by Gasteiger charge is 2.04. The van der Waals surface area contributed by atoms with Gasteiger partial charge in [0.1, 0.15) is 5.82 Å². The van der Waals surface area contributed by atoms with Crippen LogP contribution in [0.4, 0.5) is 5.69 Å². The van der Waals surface area contributed by atoms with Crippen LogP contribution in [0.5, 0.6) is 11.5 Å². The Morgan fingerprint density at radius 3 is 2.63 bits per heavy atom. The molecule has 5 nitrogen and oxygen atoms in total. The maximum atomic E-state index is 5.27. The lowest BCUT2D eigenvalue weighted by Crippen LogP contribution is -2.08. The number of methoxy groups -OCH3 is 2. The van der Waals surface area contributed by atoms with E-state index < -0.39 is 0 Å². The minimum absolute atomic E-state index is 0.726. The molecule has 0 aliphatic rings. The Hall–Kier alpha value is -2.17. The molecule has 5 heteroatoms. The molecule has 0 aliphatic carbocycles. The van der Waals surface area contributed by atoms with E-state index >= 15 is 0 Å². The molecule has 0 spiro atoms. The van der Waals surface area contributed by atoms with Gasteiger partial charge in [-0.3, -0.25) is 0 Å². The number of imidazole rings is 1. The molecule has 102 valence electrons. The number of nitrogens with one attached hydrogen (secondary N) is 1. The van der Waals surface area contributed by atoms with Crippen molar-refractivity contribution < 1.29 is 9.47 Å². The maximum absolute atomic E-state index is 5.27. The zero-order chi connectivity index (χ0) is 13.7. The highest BCUT2D eigenvalue weighted by molar-refractivity contribution is 5.54. The van der Waals surface area contributed by atoms with Crippen LogP contribution in [-0.2, 0) is 13.5 Å². The quantitative estimate of drug-likeness (QED) is 0.865. The highest BCUT2D eigenvalue weighted by atomic mass is 16.5. The van der Waals surface area contributed by atoms with Crippen molar-refractivity contribution in [2.24, 2.45) is 7.05 Å². The van der Waals surface area contributed by atoms with E-state index in [9.17, 15) is 0 Å². The van der Waals surface area contributed by atoms with Crippen molar-refractivity contribution >= 4 is 5.69 Å². The van der Waals surface area contributed by atoms with Crippen LogP contribution < -0.4 is 14.8 Å². The summed E-state index contributed by atoms with van der Waals surface area (Å²) < 4.78 is 12.5. The molecular formula is C14H19N3O2. The number of ether oxygens (including phenoxy) is 2. The van der Waals surface area contributed by atoms with Crippen molar-refractivity contribution in [1.82, 2.24) is 9.55 Å². The number of nitrogens with zero attached hydrogens (tertiary/aromatic N) is 2. The Morgan fingerprint density at radius 2 is 2.00 bits per heavy atom. The predicted molar refractivity (Wildman–Crippen MR) is 74.9 cm³/mol. The Kier molecular flexibility index (Phi) is 4.28. The van der Waals surface area contributed by atoms with Crippen LogP contribution in [0.1, 0.15) is 5.82 Å². The van der Waals surface area contributed by atoms with E-state index in [0.29, 0.717) is 0 Å². The summed E-state index contributed by atoms with van der Waals surface area (Å²) in [6.07, 6.45) is 4.63. The third-order valence-corrected chi connectivity index (χ3v) is 2.98. The molecule has 0 amide bonds. The van der Waals surface area contributed by atoms with E-state index in [1.165, 1.54) is 0 Å². The third-order valence-electron chi connectivity index (χ3n) is 2.98. The first-order valence-electron chi connectivity index (χ1n) is 6.16. The zero-order valence-corrected chi connectivity index (χ0v) is 11.5. The summed E-state index contributed by atoms with van der Waals surface area (Å²) in [6.45, 7) is 0.820. The summed E-state index contributed by atoms with van der Waals surface area (Å²) in [5.41, 5.74) is 1.01. The summed E-state index contributed by atoms with van der Waals surface area (Å²) in [5, 5.41) is 3.35. The highest BCUT2D eigenvalue weighted by Crippen LogP contribution is 2.29. The molecule has 0 saturated carbocycles. The maximum Gasteiger partial charge on any atom is 0.162 e. The van der Waals surface area contributed by atoms with Crippen molar-refractivity contribution in [3.05, 3.63) is 36.4 Å². The zero-order valence-electron chi connectivity index (χ0n) is 11.5. The fourth-order valence-corrected chi connectivity index (χ4v) is 1.90. The summed E-state index contributed by atoms with van der Waals surface area (Å²) in [6, 6.07) is 5.79. The van der Waals surface area contributed by atoms with Crippen molar-refractivity contribution in [2.75, 3.05) is 26.1 Å². The normalized spacial score (nSPS) is 10.3. The second-order valence-electron chi connectivity index (χ2n) is 4.20. The van der Waals surface area contributed by atoms with Crippen LogP contribution in [0.3, 0.4) is 0 Å². The van der Waals surface area contributed by atoms with Gasteiger partial charge in [0.15, 0.2) is 11.5 Å². The lowest BCUT2D eigenvalue weighted by atomic mass is 10.2. The SMILES string of the molecule is COc1ccc(NCCc2nccn2C)cc1OC. The first-order chi connectivity index (χ1) is 9.24. The van der Waals surface area contributed by atoms with E-state index in [-0.39, 0.29) is 0 Å². The molecule has 1 aromatic heterocycles. The monoisotopic (exact) mass is 261 g/mol. The summed E-state index contributed by atoms with van der Waals surface area (Å²) in [7, 11) is 5.26. The molecule has 19 heavy (non-hydrogen) atoms. The van der Waals surface area contributed by atoms with Gasteiger partial charge in [0.05, 0.1) is 14.2 Å². The van der Waals surface area contributed by atoms with Crippen molar-refractivity contribution in [3.8, 4) is 11.5 Å². The fraction of sp³-hybridized carbons (Fsp3) is 0.357. The van der Waals surface area contributed by atoms with Gasteiger partial charge >= 0.3 is 0 Å². The molecule has 0 saturated heterocycles. The lowest BCUT2D eigenvalue weighted by molar-refractivity contribution is 0.355. The number of hydrogen-bond acceptors (Lipinski definition) is 4. The average Bonchev–Trinajstić information content (AvgIpc) is 2.84. The standard InChI is InChI=1S/C14H19N3O2/c1-17-9-8-16-14(17)6-7-15-11-4-5-12(18-2)13(10-11)19-3/h4-5,8-10,15H,6-7H2,1-3H3. The van der Waals surface area contributed by atoms with Gasteiger partial charge in [-0.05, 0) is 12.1 Å². The van der Waals surface area contributed by atoms with Gasteiger partial charge in [-0.25, -0.2) is 4.98 Å². The van der Waals surface area contributed by atoms with Gasteiger partial charge in [0.2, 0.25) is 0 Å². The molecule has 1 N–H and O–H groups in total. The number of rotatable bonds is 6. The van der Waals surface area contributed by atoms with Crippen LogP contribution in [0, 0.1) is 0 Å². The molecule has 0 fully saturated rings. The van der Waals surface area contributed by atoms with Gasteiger partial charge in [-0.15, -0.1) is 0 Å². The Balaban J connectivity index is 1.94. The van der Waals surface area contributed by atoms with Crippen molar-refractivity contribution in [1.29, 1.82) is 0 Å². The van der Waals surface area contributed by atoms with Crippen molar-refractivity contribution in [2.45, 2.75) is 6.42 Å². The molecular weight excluding hydrogens is 242 g/mol. The number of anilines is 1. The van der Waals surface area contributed by atoms with E-state index in [1.807, 2.05) is 42.2 Å². The van der Waals surface area contributed by atoms with Crippen LogP contribution in [-0.4, -0.2) is 30.3 Å². The second-order valence-corrected chi connectivity index (χ2v) is 4.20. The molecule has 0 bridgehead atoms. The molecule has 2 aromatic rings. The van der Waals surface area contributed by atoms with Crippen LogP contribution in [0.15, 0.2) is 30.6 Å². The van der Waals surface area contributed by atoms with Gasteiger partial charge in [-0.2, -0.15) is 0 Å². The molecule has 0 radical (unpaired) electrons. The van der Waals surface area contributed by atoms with E-state index in [4.69, 9.17) is 9.47 Å². The van der Waals surface area contributed by atoms with Gasteiger partial charge in [0, 0.05) is 44.2 Å². The Morgan fingerprint density at radius 1 is 1.21 bits per heavy atom. The predicted octanol–water partition coefficient (Wildman–Crippen LogP) is 2.09. The molecule has 1 aromatic carbocycles. The topological polar surface area (TPSA) is 48.3 Å². The van der Waals surface area contributed by atoms with Crippen LogP contribution in [0.2, 0.25) is 0 Å². The smallest absolute Gasteiger partial charge is 0.162 e. The molecule has 2 rings (SSSR count). The van der Waals surface area contributed by atoms with Crippen molar-refractivity contribution in [3.63, 3.8) is 0 Å². The number of aromatic nitrogens is 2. The van der Waals surface area contributed by atoms with E-state index in [0.717, 1.165) is 36.0 Å².